The van der Waals surface area contributed by atoms with Crippen LogP contribution < -0.4 is 22.2 Å². The molecule has 3 aromatic rings. The molecule has 172 valence electrons. The maximum Gasteiger partial charge on any atom is 0.269 e. The molecule has 2 amide bonds. The van der Waals surface area contributed by atoms with Crippen LogP contribution in [0.4, 0.5) is 5.82 Å². The van der Waals surface area contributed by atoms with Crippen molar-refractivity contribution in [3.63, 3.8) is 0 Å². The van der Waals surface area contributed by atoms with Crippen molar-refractivity contribution >= 4 is 17.6 Å². The summed E-state index contributed by atoms with van der Waals surface area (Å²) in [7, 11) is 0. The van der Waals surface area contributed by atoms with Crippen molar-refractivity contribution in [1.29, 1.82) is 0 Å². The Labute approximate surface area is 192 Å². The summed E-state index contributed by atoms with van der Waals surface area (Å²) in [4.78, 5) is 33.7. The number of piperidine rings is 1. The lowest BCUT2D eigenvalue weighted by Gasteiger charge is -2.22. The number of anilines is 1. The number of carbonyl (C=O) groups is 2. The maximum absolute atomic E-state index is 12.7. The first-order valence-electron chi connectivity index (χ1n) is 11.1. The van der Waals surface area contributed by atoms with Gasteiger partial charge in [-0.2, -0.15) is 0 Å². The number of nitrogen functional groups attached to an aromatic ring is 1. The van der Waals surface area contributed by atoms with Gasteiger partial charge in [-0.05, 0) is 55.1 Å². The summed E-state index contributed by atoms with van der Waals surface area (Å²) in [5.41, 5.74) is 8.38. The second-order valence-corrected chi connectivity index (χ2v) is 8.56. The van der Waals surface area contributed by atoms with Gasteiger partial charge in [-0.15, -0.1) is 0 Å². The molecule has 0 unspecified atom stereocenters. The van der Waals surface area contributed by atoms with Crippen molar-refractivity contribution in [2.75, 3.05) is 17.7 Å². The molecule has 9 nitrogen and oxygen atoms in total. The van der Waals surface area contributed by atoms with Gasteiger partial charge >= 0.3 is 0 Å². The van der Waals surface area contributed by atoms with Gasteiger partial charge in [-0.25, -0.2) is 14.6 Å². The molecule has 0 spiro atoms. The lowest BCUT2D eigenvalue weighted by molar-refractivity contribution is 0.0991. The van der Waals surface area contributed by atoms with Gasteiger partial charge < -0.3 is 22.2 Å². The molecule has 1 saturated heterocycles. The molecule has 33 heavy (non-hydrogen) atoms. The van der Waals surface area contributed by atoms with E-state index >= 15 is 0 Å². The number of aromatic nitrogens is 3. The van der Waals surface area contributed by atoms with Crippen LogP contribution in [0.2, 0.25) is 0 Å². The highest BCUT2D eigenvalue weighted by Crippen LogP contribution is 2.29. The van der Waals surface area contributed by atoms with Gasteiger partial charge in [0.05, 0.1) is 6.04 Å². The van der Waals surface area contributed by atoms with E-state index in [0.29, 0.717) is 34.4 Å². The summed E-state index contributed by atoms with van der Waals surface area (Å²) >= 11 is 0. The topological polar surface area (TPSA) is 141 Å². The molecule has 6 N–H and O–H groups in total. The first kappa shape index (κ1) is 22.5. The van der Waals surface area contributed by atoms with Crippen molar-refractivity contribution in [2.45, 2.75) is 45.1 Å². The zero-order valence-corrected chi connectivity index (χ0v) is 18.8. The number of nitrogens with two attached hydrogens (primary N) is 2. The minimum atomic E-state index is -0.653. The smallest absolute Gasteiger partial charge is 0.269 e. The lowest BCUT2D eigenvalue weighted by atomic mass is 10.0. The molecule has 1 aliphatic heterocycles. The van der Waals surface area contributed by atoms with E-state index in [1.54, 1.807) is 30.5 Å². The van der Waals surface area contributed by atoms with Crippen LogP contribution in [-0.4, -0.2) is 33.0 Å². The van der Waals surface area contributed by atoms with Crippen LogP contribution >= 0.6 is 0 Å². The number of carbonyl (C=O) groups excluding carboxylic acids is 2. The summed E-state index contributed by atoms with van der Waals surface area (Å²) in [5.74, 6) is 6.69. The van der Waals surface area contributed by atoms with Crippen LogP contribution in [0.25, 0.3) is 11.3 Å². The Hall–Kier alpha value is -3.72. The second-order valence-electron chi connectivity index (χ2n) is 8.56. The Balaban J connectivity index is 1.58. The minimum Gasteiger partial charge on any atom is -0.364 e. The van der Waals surface area contributed by atoms with Gasteiger partial charge in [-0.3, -0.25) is 9.59 Å². The molecule has 1 aliphatic rings. The predicted octanol–water partition coefficient (Wildman–Crippen LogP) is 2.95. The number of nitrogens with zero attached hydrogens (tertiary/aromatic N) is 3. The first-order valence-corrected chi connectivity index (χ1v) is 11.1. The van der Waals surface area contributed by atoms with E-state index in [1.165, 1.54) is 4.68 Å². The third kappa shape index (κ3) is 4.73. The molecule has 0 bridgehead atoms. The van der Waals surface area contributed by atoms with Gasteiger partial charge in [0.1, 0.15) is 17.3 Å². The SMILES string of the molecule is CC(C)c1ccnc(NC(=O)c2ccc(-c3nc([C@@H]4CCCCN4)n(N)c3C(N)=O)cc2)c1. The van der Waals surface area contributed by atoms with E-state index in [0.717, 1.165) is 31.4 Å². The third-order valence-electron chi connectivity index (χ3n) is 5.91. The molecule has 0 saturated carbocycles. The van der Waals surface area contributed by atoms with E-state index < -0.39 is 5.91 Å². The Morgan fingerprint density at radius 3 is 2.58 bits per heavy atom. The number of hydrogen-bond acceptors (Lipinski definition) is 6. The molecule has 1 fully saturated rings. The highest BCUT2D eigenvalue weighted by atomic mass is 16.2. The molecular weight excluding hydrogens is 418 g/mol. The van der Waals surface area contributed by atoms with Crippen molar-refractivity contribution in [3.05, 3.63) is 65.2 Å². The van der Waals surface area contributed by atoms with Crippen molar-refractivity contribution in [1.82, 2.24) is 20.0 Å². The van der Waals surface area contributed by atoms with Crippen LogP contribution in [0.15, 0.2) is 42.6 Å². The highest BCUT2D eigenvalue weighted by molar-refractivity contribution is 6.04. The Morgan fingerprint density at radius 1 is 1.18 bits per heavy atom. The zero-order chi connectivity index (χ0) is 23.5. The summed E-state index contributed by atoms with van der Waals surface area (Å²) in [5, 5.41) is 6.22. The maximum atomic E-state index is 12.7. The third-order valence-corrected chi connectivity index (χ3v) is 5.91. The monoisotopic (exact) mass is 447 g/mol. The van der Waals surface area contributed by atoms with Crippen molar-refractivity contribution in [3.8, 4) is 11.3 Å². The van der Waals surface area contributed by atoms with Crippen LogP contribution in [0.3, 0.4) is 0 Å². The van der Waals surface area contributed by atoms with E-state index in [1.807, 2.05) is 12.1 Å². The Bertz CT molecular complexity index is 1160. The fourth-order valence-corrected chi connectivity index (χ4v) is 4.05. The molecule has 0 radical (unpaired) electrons. The average molecular weight is 448 g/mol. The van der Waals surface area contributed by atoms with Crippen LogP contribution in [0.5, 0.6) is 0 Å². The Kier molecular flexibility index (Phi) is 6.41. The molecule has 3 heterocycles. The van der Waals surface area contributed by atoms with Gasteiger partial charge in [-0.1, -0.05) is 32.4 Å². The number of imidazole rings is 1. The lowest BCUT2D eigenvalue weighted by Crippen LogP contribution is -2.32. The number of hydrogen-bond donors (Lipinski definition) is 4. The largest absolute Gasteiger partial charge is 0.364 e. The molecule has 2 aromatic heterocycles. The molecule has 1 aromatic carbocycles. The van der Waals surface area contributed by atoms with Crippen molar-refractivity contribution in [2.24, 2.45) is 5.73 Å². The van der Waals surface area contributed by atoms with Gasteiger partial charge in [0.2, 0.25) is 0 Å². The first-order chi connectivity index (χ1) is 15.8. The fourth-order valence-electron chi connectivity index (χ4n) is 4.05. The zero-order valence-electron chi connectivity index (χ0n) is 18.8. The standard InChI is InChI=1S/C24H29N7O2/c1-14(2)17-10-12-28-19(13-17)29-24(33)16-8-6-15(7-9-16)20-21(22(25)32)31(26)23(30-20)18-5-3-4-11-27-18/h6-10,12-14,18,27H,3-5,11,26H2,1-2H3,(H2,25,32)(H,28,29,33)/t18-/m0/s1. The summed E-state index contributed by atoms with van der Waals surface area (Å²) in [6.07, 6.45) is 4.72. The van der Waals surface area contributed by atoms with Crippen molar-refractivity contribution < 1.29 is 9.59 Å². The molecule has 4 rings (SSSR count). The number of amides is 2. The number of benzene rings is 1. The molecule has 9 heteroatoms. The summed E-state index contributed by atoms with van der Waals surface area (Å²) in [6, 6.07) is 10.6. The van der Waals surface area contributed by atoms with Gasteiger partial charge in [0, 0.05) is 17.3 Å². The average Bonchev–Trinajstić information content (AvgIpc) is 3.17. The van der Waals surface area contributed by atoms with E-state index in [4.69, 9.17) is 11.6 Å². The number of pyridine rings is 1. The number of nitrogens with one attached hydrogen (secondary N) is 2. The summed E-state index contributed by atoms with van der Waals surface area (Å²) < 4.78 is 1.29. The normalized spacial score (nSPS) is 16.0. The van der Waals surface area contributed by atoms with E-state index in [2.05, 4.69) is 34.4 Å². The van der Waals surface area contributed by atoms with Gasteiger partial charge in [0.25, 0.3) is 11.8 Å². The Morgan fingerprint density at radius 2 is 1.94 bits per heavy atom. The molecule has 1 atom stereocenters. The van der Waals surface area contributed by atoms with E-state index in [9.17, 15) is 9.59 Å². The van der Waals surface area contributed by atoms with Gasteiger partial charge in [0.15, 0.2) is 5.69 Å². The van der Waals surface area contributed by atoms with Crippen LogP contribution in [0, 0.1) is 0 Å². The fraction of sp³-hybridized carbons (Fsp3) is 0.333. The quantitative estimate of drug-likeness (QED) is 0.428. The molecule has 0 aliphatic carbocycles. The minimum absolute atomic E-state index is 0.0326. The molecular formula is C24H29N7O2. The second kappa shape index (κ2) is 9.41. The number of rotatable bonds is 6. The predicted molar refractivity (Wildman–Crippen MR) is 127 cm³/mol. The van der Waals surface area contributed by atoms with Crippen LogP contribution in [-0.2, 0) is 0 Å². The number of primary amides is 1. The van der Waals surface area contributed by atoms with E-state index in [-0.39, 0.29) is 17.6 Å². The highest BCUT2D eigenvalue weighted by Gasteiger charge is 2.27. The van der Waals surface area contributed by atoms with Crippen LogP contribution in [0.1, 0.15) is 77.3 Å². The summed E-state index contributed by atoms with van der Waals surface area (Å²) in [6.45, 7) is 5.04.